The first-order valence-electron chi connectivity index (χ1n) is 6.46. The smallest absolute Gasteiger partial charge is 0.258 e. The topological polar surface area (TPSA) is 77.2 Å². The third-order valence-electron chi connectivity index (χ3n) is 3.29. The number of anilines is 2. The summed E-state index contributed by atoms with van der Waals surface area (Å²) in [4.78, 5) is 16.3. The molecule has 1 unspecified atom stereocenters. The quantitative estimate of drug-likeness (QED) is 0.873. The molecule has 1 amide bonds. The summed E-state index contributed by atoms with van der Waals surface area (Å²) < 4.78 is 5.61. The number of aromatic nitrogens is 1. The third kappa shape index (κ3) is 2.48. The van der Waals surface area contributed by atoms with Crippen molar-refractivity contribution < 1.29 is 9.53 Å². The maximum atomic E-state index is 12.3. The van der Waals surface area contributed by atoms with Crippen LogP contribution < -0.4 is 11.1 Å². The van der Waals surface area contributed by atoms with Crippen LogP contribution in [0.25, 0.3) is 0 Å². The van der Waals surface area contributed by atoms with Gasteiger partial charge in [0.05, 0.1) is 18.5 Å². The van der Waals surface area contributed by atoms with E-state index in [0.29, 0.717) is 18.1 Å². The Labute approximate surface area is 116 Å². The van der Waals surface area contributed by atoms with Crippen molar-refractivity contribution >= 4 is 17.4 Å². The molecule has 0 spiro atoms. The summed E-state index contributed by atoms with van der Waals surface area (Å²) in [6.07, 6.45) is 1.79. The molecule has 1 atom stereocenters. The number of rotatable bonds is 2. The zero-order valence-electron chi connectivity index (χ0n) is 10.9. The molecule has 0 bridgehead atoms. The van der Waals surface area contributed by atoms with Gasteiger partial charge in [-0.15, -0.1) is 0 Å². The van der Waals surface area contributed by atoms with Crippen LogP contribution in [0, 0.1) is 0 Å². The summed E-state index contributed by atoms with van der Waals surface area (Å²) in [6.45, 7) is 0.551. The van der Waals surface area contributed by atoms with Gasteiger partial charge >= 0.3 is 0 Å². The molecule has 20 heavy (non-hydrogen) atoms. The van der Waals surface area contributed by atoms with Gasteiger partial charge in [-0.05, 0) is 29.7 Å². The summed E-state index contributed by atoms with van der Waals surface area (Å²) in [5, 5.41) is 2.80. The normalized spacial score (nSPS) is 17.3. The fourth-order valence-corrected chi connectivity index (χ4v) is 2.30. The Morgan fingerprint density at radius 2 is 2.15 bits per heavy atom. The van der Waals surface area contributed by atoms with Crippen LogP contribution in [0.2, 0.25) is 0 Å². The van der Waals surface area contributed by atoms with Gasteiger partial charge in [0.15, 0.2) is 6.10 Å². The van der Waals surface area contributed by atoms with E-state index in [1.54, 1.807) is 12.1 Å². The number of nitrogens with one attached hydrogen (secondary N) is 1. The zero-order chi connectivity index (χ0) is 13.9. The van der Waals surface area contributed by atoms with E-state index in [4.69, 9.17) is 10.5 Å². The molecule has 0 aliphatic carbocycles. The second-order valence-corrected chi connectivity index (χ2v) is 4.66. The van der Waals surface area contributed by atoms with Gasteiger partial charge in [-0.25, -0.2) is 4.98 Å². The minimum absolute atomic E-state index is 0.191. The molecule has 0 saturated carbocycles. The van der Waals surface area contributed by atoms with Gasteiger partial charge in [0.1, 0.15) is 5.82 Å². The van der Waals surface area contributed by atoms with E-state index in [-0.39, 0.29) is 5.91 Å². The number of nitrogen functional groups attached to an aromatic ring is 1. The molecule has 1 aromatic carbocycles. The summed E-state index contributed by atoms with van der Waals surface area (Å²) in [5.74, 6) is 0.228. The number of hydrogen-bond acceptors (Lipinski definition) is 4. The Hall–Kier alpha value is -2.40. The third-order valence-corrected chi connectivity index (χ3v) is 3.29. The second kappa shape index (κ2) is 5.30. The van der Waals surface area contributed by atoms with Crippen molar-refractivity contribution in [3.8, 4) is 0 Å². The van der Waals surface area contributed by atoms with Crippen LogP contribution in [0.4, 0.5) is 11.5 Å². The monoisotopic (exact) mass is 269 g/mol. The maximum absolute atomic E-state index is 12.3. The number of fused-ring (bicyclic) bond motifs is 1. The summed E-state index contributed by atoms with van der Waals surface area (Å²) in [5.41, 5.74) is 8.21. The average molecular weight is 269 g/mol. The van der Waals surface area contributed by atoms with Gasteiger partial charge in [-0.1, -0.05) is 24.3 Å². The molecule has 3 N–H and O–H groups in total. The summed E-state index contributed by atoms with van der Waals surface area (Å²) >= 11 is 0. The van der Waals surface area contributed by atoms with E-state index in [1.807, 2.05) is 24.3 Å². The molecule has 2 heterocycles. The second-order valence-electron chi connectivity index (χ2n) is 4.66. The molecule has 0 radical (unpaired) electrons. The van der Waals surface area contributed by atoms with Crippen molar-refractivity contribution in [3.05, 3.63) is 53.7 Å². The highest BCUT2D eigenvalue weighted by Gasteiger charge is 2.27. The molecular weight excluding hydrogens is 254 g/mol. The number of amides is 1. The van der Waals surface area contributed by atoms with Gasteiger partial charge in [-0.2, -0.15) is 0 Å². The lowest BCUT2D eigenvalue weighted by Crippen LogP contribution is -2.28. The standard InChI is InChI=1S/C15H15N3O2/c16-13-6-5-11(9-17-13)18-15(19)14-12-4-2-1-3-10(12)7-8-20-14/h1-6,9,14H,7-8H2,(H2,16,17)(H,18,19). The first kappa shape index (κ1) is 12.6. The molecule has 0 fully saturated rings. The highest BCUT2D eigenvalue weighted by molar-refractivity contribution is 5.95. The van der Waals surface area contributed by atoms with Crippen molar-refractivity contribution in [2.75, 3.05) is 17.7 Å². The van der Waals surface area contributed by atoms with Crippen molar-refractivity contribution in [2.45, 2.75) is 12.5 Å². The number of nitrogens with zero attached hydrogens (tertiary/aromatic N) is 1. The maximum Gasteiger partial charge on any atom is 0.258 e. The van der Waals surface area contributed by atoms with Crippen molar-refractivity contribution in [3.63, 3.8) is 0 Å². The molecule has 3 rings (SSSR count). The Balaban J connectivity index is 1.80. The number of nitrogens with two attached hydrogens (primary N) is 1. The van der Waals surface area contributed by atoms with Gasteiger partial charge in [0.25, 0.3) is 5.91 Å². The van der Waals surface area contributed by atoms with E-state index < -0.39 is 6.10 Å². The number of hydrogen-bond donors (Lipinski definition) is 2. The van der Waals surface area contributed by atoms with Crippen LogP contribution in [-0.2, 0) is 16.0 Å². The highest BCUT2D eigenvalue weighted by Crippen LogP contribution is 2.28. The molecule has 1 aliphatic rings. The Morgan fingerprint density at radius 3 is 2.95 bits per heavy atom. The van der Waals surface area contributed by atoms with E-state index in [0.717, 1.165) is 17.5 Å². The van der Waals surface area contributed by atoms with Crippen LogP contribution in [0.5, 0.6) is 0 Å². The van der Waals surface area contributed by atoms with E-state index in [2.05, 4.69) is 10.3 Å². The van der Waals surface area contributed by atoms with Crippen molar-refractivity contribution in [1.29, 1.82) is 0 Å². The summed E-state index contributed by atoms with van der Waals surface area (Å²) in [6, 6.07) is 11.2. The molecule has 5 heteroatoms. The van der Waals surface area contributed by atoms with Gasteiger partial charge in [0.2, 0.25) is 0 Å². The molecule has 0 saturated heterocycles. The van der Waals surface area contributed by atoms with Crippen molar-refractivity contribution in [2.24, 2.45) is 0 Å². The molecule has 5 nitrogen and oxygen atoms in total. The molecule has 102 valence electrons. The van der Waals surface area contributed by atoms with Crippen LogP contribution >= 0.6 is 0 Å². The van der Waals surface area contributed by atoms with Crippen LogP contribution in [0.1, 0.15) is 17.2 Å². The first-order valence-corrected chi connectivity index (χ1v) is 6.46. The minimum Gasteiger partial charge on any atom is -0.384 e. The number of ether oxygens (including phenoxy) is 1. The largest absolute Gasteiger partial charge is 0.384 e. The fraction of sp³-hybridized carbons (Fsp3) is 0.200. The highest BCUT2D eigenvalue weighted by atomic mass is 16.5. The molecular formula is C15H15N3O2. The lowest BCUT2D eigenvalue weighted by atomic mass is 9.97. The van der Waals surface area contributed by atoms with E-state index in [1.165, 1.54) is 6.20 Å². The summed E-state index contributed by atoms with van der Waals surface area (Å²) in [7, 11) is 0. The van der Waals surface area contributed by atoms with Crippen molar-refractivity contribution in [1.82, 2.24) is 4.98 Å². The molecule has 1 aliphatic heterocycles. The Kier molecular flexibility index (Phi) is 3.35. The fourth-order valence-electron chi connectivity index (χ4n) is 2.30. The lowest BCUT2D eigenvalue weighted by Gasteiger charge is -2.25. The Morgan fingerprint density at radius 1 is 1.30 bits per heavy atom. The predicted molar refractivity (Wildman–Crippen MR) is 76.1 cm³/mol. The van der Waals surface area contributed by atoms with Crippen LogP contribution in [0.15, 0.2) is 42.6 Å². The van der Waals surface area contributed by atoms with Gasteiger partial charge in [0, 0.05) is 0 Å². The van der Waals surface area contributed by atoms with E-state index >= 15 is 0 Å². The first-order chi connectivity index (χ1) is 9.74. The number of carbonyl (C=O) groups is 1. The number of carbonyl (C=O) groups excluding carboxylic acids is 1. The Bertz CT molecular complexity index is 625. The molecule has 1 aromatic heterocycles. The minimum atomic E-state index is -0.572. The van der Waals surface area contributed by atoms with Crippen LogP contribution in [0.3, 0.4) is 0 Å². The van der Waals surface area contributed by atoms with Crippen LogP contribution in [-0.4, -0.2) is 17.5 Å². The zero-order valence-corrected chi connectivity index (χ0v) is 10.9. The predicted octanol–water partition coefficient (Wildman–Crippen LogP) is 1.92. The van der Waals surface area contributed by atoms with E-state index in [9.17, 15) is 4.79 Å². The van der Waals surface area contributed by atoms with Gasteiger partial charge < -0.3 is 15.8 Å². The number of benzene rings is 1. The lowest BCUT2D eigenvalue weighted by molar-refractivity contribution is -0.128. The SMILES string of the molecule is Nc1ccc(NC(=O)C2OCCc3ccccc32)cn1. The molecule has 2 aromatic rings. The van der Waals surface area contributed by atoms with Gasteiger partial charge in [-0.3, -0.25) is 4.79 Å². The number of pyridine rings is 1. The average Bonchev–Trinajstić information content (AvgIpc) is 2.49.